The second kappa shape index (κ2) is 10.8. The number of carbonyl (C=O) groups excluding carboxylic acids is 2. The van der Waals surface area contributed by atoms with Crippen LogP contribution in [0, 0.1) is 0 Å². The fourth-order valence-electron chi connectivity index (χ4n) is 2.50. The van der Waals surface area contributed by atoms with Gasteiger partial charge in [-0.1, -0.05) is 24.8 Å². The number of ether oxygens (including phenoxy) is 2. The Kier molecular flexibility index (Phi) is 8.09. The Hall–Kier alpha value is -3.48. The number of hydrogen-bond donors (Lipinski definition) is 3. The van der Waals surface area contributed by atoms with E-state index in [-0.39, 0.29) is 18.0 Å². The topological polar surface area (TPSA) is 88.7 Å². The maximum Gasteiger partial charge on any atom is 0.319 e. The Morgan fingerprint density at radius 2 is 1.83 bits per heavy atom. The van der Waals surface area contributed by atoms with Crippen LogP contribution in [-0.2, 0) is 6.54 Å². The number of methoxy groups -OCH3 is 1. The van der Waals surface area contributed by atoms with Gasteiger partial charge in [-0.2, -0.15) is 0 Å². The summed E-state index contributed by atoms with van der Waals surface area (Å²) in [5.41, 5.74) is 2.06. The van der Waals surface area contributed by atoms with Crippen LogP contribution in [0.1, 0.15) is 29.8 Å². The van der Waals surface area contributed by atoms with Crippen LogP contribution in [0.5, 0.6) is 11.5 Å². The molecule has 0 aliphatic heterocycles. The molecular formula is C22H27N3O4. The second-order valence-electron chi connectivity index (χ2n) is 6.60. The van der Waals surface area contributed by atoms with Crippen LogP contribution in [0.2, 0.25) is 0 Å². The van der Waals surface area contributed by atoms with Crippen LogP contribution in [-0.4, -0.2) is 31.7 Å². The number of amides is 3. The Morgan fingerprint density at radius 1 is 1.10 bits per heavy atom. The zero-order valence-corrected chi connectivity index (χ0v) is 17.0. The molecule has 7 heteroatoms. The molecule has 0 aliphatic carbocycles. The average molecular weight is 397 g/mol. The molecule has 0 bridgehead atoms. The maximum atomic E-state index is 12.4. The van der Waals surface area contributed by atoms with Crippen LogP contribution in [0.4, 0.5) is 10.5 Å². The first-order valence-corrected chi connectivity index (χ1v) is 9.29. The first-order valence-electron chi connectivity index (χ1n) is 9.29. The molecule has 3 N–H and O–H groups in total. The molecule has 29 heavy (non-hydrogen) atoms. The lowest BCUT2D eigenvalue weighted by Crippen LogP contribution is -2.34. The monoisotopic (exact) mass is 397 g/mol. The molecule has 0 aromatic heterocycles. The highest BCUT2D eigenvalue weighted by molar-refractivity contribution is 5.95. The van der Waals surface area contributed by atoms with Crippen LogP contribution < -0.4 is 25.4 Å². The highest BCUT2D eigenvalue weighted by atomic mass is 16.5. The van der Waals surface area contributed by atoms with Crippen molar-refractivity contribution >= 4 is 17.6 Å². The van der Waals surface area contributed by atoms with E-state index in [0.717, 1.165) is 5.56 Å². The standard InChI is InChI=1S/C22H27N3O4/c1-5-12-29-19-11-8-17(13-20(19)28-4)21(26)23-14-16-6-9-18(10-7-16)25-22(27)24-15(2)3/h5-11,13,15H,1,12,14H2,2-4H3,(H,23,26)(H2,24,25,27). The van der Waals surface area contributed by atoms with Gasteiger partial charge in [0.1, 0.15) is 6.61 Å². The molecule has 7 nitrogen and oxygen atoms in total. The molecule has 0 fully saturated rings. The van der Waals surface area contributed by atoms with E-state index in [4.69, 9.17) is 9.47 Å². The van der Waals surface area contributed by atoms with Gasteiger partial charge >= 0.3 is 6.03 Å². The predicted octanol–water partition coefficient (Wildman–Crippen LogP) is 3.72. The summed E-state index contributed by atoms with van der Waals surface area (Å²) in [5.74, 6) is 0.806. The van der Waals surface area contributed by atoms with E-state index in [1.54, 1.807) is 36.4 Å². The number of anilines is 1. The van der Waals surface area contributed by atoms with Gasteiger partial charge in [0.2, 0.25) is 0 Å². The van der Waals surface area contributed by atoms with Crippen LogP contribution in [0.25, 0.3) is 0 Å². The first-order chi connectivity index (χ1) is 13.9. The molecule has 0 spiro atoms. The fourth-order valence-corrected chi connectivity index (χ4v) is 2.50. The van der Waals surface area contributed by atoms with E-state index in [1.807, 2.05) is 26.0 Å². The lowest BCUT2D eigenvalue weighted by molar-refractivity contribution is 0.0950. The van der Waals surface area contributed by atoms with Crippen molar-refractivity contribution in [2.24, 2.45) is 0 Å². The quantitative estimate of drug-likeness (QED) is 0.563. The minimum Gasteiger partial charge on any atom is -0.493 e. The molecule has 0 radical (unpaired) electrons. The van der Waals surface area contributed by atoms with Crippen molar-refractivity contribution in [1.29, 1.82) is 0 Å². The molecular weight excluding hydrogens is 370 g/mol. The van der Waals surface area contributed by atoms with Crippen LogP contribution in [0.3, 0.4) is 0 Å². The van der Waals surface area contributed by atoms with Gasteiger partial charge < -0.3 is 25.4 Å². The van der Waals surface area contributed by atoms with Crippen molar-refractivity contribution in [1.82, 2.24) is 10.6 Å². The van der Waals surface area contributed by atoms with E-state index in [0.29, 0.717) is 35.9 Å². The van der Waals surface area contributed by atoms with E-state index in [2.05, 4.69) is 22.5 Å². The Morgan fingerprint density at radius 3 is 2.45 bits per heavy atom. The van der Waals surface area contributed by atoms with Crippen molar-refractivity contribution in [3.63, 3.8) is 0 Å². The lowest BCUT2D eigenvalue weighted by atomic mass is 10.1. The minimum atomic E-state index is -0.254. The summed E-state index contributed by atoms with van der Waals surface area (Å²) < 4.78 is 10.8. The van der Waals surface area contributed by atoms with Crippen molar-refractivity contribution in [3.8, 4) is 11.5 Å². The van der Waals surface area contributed by atoms with Crippen LogP contribution >= 0.6 is 0 Å². The Balaban J connectivity index is 1.93. The van der Waals surface area contributed by atoms with Gasteiger partial charge in [0.05, 0.1) is 7.11 Å². The summed E-state index contributed by atoms with van der Waals surface area (Å²) in [6.45, 7) is 8.10. The molecule has 0 heterocycles. The minimum absolute atomic E-state index is 0.0609. The SMILES string of the molecule is C=CCOc1ccc(C(=O)NCc2ccc(NC(=O)NC(C)C)cc2)cc1OC. The van der Waals surface area contributed by atoms with Gasteiger partial charge in [-0.25, -0.2) is 4.79 Å². The normalized spacial score (nSPS) is 10.2. The first kappa shape index (κ1) is 21.8. The molecule has 154 valence electrons. The predicted molar refractivity (Wildman–Crippen MR) is 114 cm³/mol. The van der Waals surface area contributed by atoms with Gasteiger partial charge in [0.15, 0.2) is 11.5 Å². The van der Waals surface area contributed by atoms with Crippen LogP contribution in [0.15, 0.2) is 55.1 Å². The number of benzene rings is 2. The molecule has 0 unspecified atom stereocenters. The third kappa shape index (κ3) is 6.88. The van der Waals surface area contributed by atoms with Crippen molar-refractivity contribution in [2.75, 3.05) is 19.0 Å². The summed E-state index contributed by atoms with van der Waals surface area (Å²) in [6, 6.07) is 12.1. The Bertz CT molecular complexity index is 848. The highest BCUT2D eigenvalue weighted by Gasteiger charge is 2.11. The van der Waals surface area contributed by atoms with E-state index < -0.39 is 0 Å². The van der Waals surface area contributed by atoms with Gasteiger partial charge in [0.25, 0.3) is 5.91 Å². The fraction of sp³-hybridized carbons (Fsp3) is 0.273. The molecule has 2 aromatic carbocycles. The maximum absolute atomic E-state index is 12.4. The summed E-state index contributed by atoms with van der Waals surface area (Å²) in [7, 11) is 1.52. The summed E-state index contributed by atoms with van der Waals surface area (Å²) in [6.07, 6.45) is 1.64. The Labute approximate surface area is 171 Å². The zero-order chi connectivity index (χ0) is 21.2. The highest BCUT2D eigenvalue weighted by Crippen LogP contribution is 2.28. The summed E-state index contributed by atoms with van der Waals surface area (Å²) >= 11 is 0. The molecule has 0 saturated carbocycles. The smallest absolute Gasteiger partial charge is 0.319 e. The molecule has 0 aliphatic rings. The summed E-state index contributed by atoms with van der Waals surface area (Å²) in [5, 5.41) is 8.38. The number of rotatable bonds is 9. The average Bonchev–Trinajstić information content (AvgIpc) is 2.70. The van der Waals surface area contributed by atoms with Crippen molar-refractivity contribution < 1.29 is 19.1 Å². The number of nitrogens with one attached hydrogen (secondary N) is 3. The summed E-state index contributed by atoms with van der Waals surface area (Å²) in [4.78, 5) is 24.1. The van der Waals surface area contributed by atoms with Crippen molar-refractivity contribution in [2.45, 2.75) is 26.4 Å². The van der Waals surface area contributed by atoms with Gasteiger partial charge in [-0.05, 0) is 49.7 Å². The largest absolute Gasteiger partial charge is 0.493 e. The molecule has 3 amide bonds. The zero-order valence-electron chi connectivity index (χ0n) is 17.0. The van der Waals surface area contributed by atoms with Crippen molar-refractivity contribution in [3.05, 3.63) is 66.2 Å². The third-order valence-electron chi connectivity index (χ3n) is 3.87. The van der Waals surface area contributed by atoms with Gasteiger partial charge in [0, 0.05) is 23.8 Å². The molecule has 2 rings (SSSR count). The number of urea groups is 1. The van der Waals surface area contributed by atoms with Gasteiger partial charge in [-0.15, -0.1) is 0 Å². The third-order valence-corrected chi connectivity index (χ3v) is 3.87. The molecule has 0 atom stereocenters. The van der Waals surface area contributed by atoms with E-state index >= 15 is 0 Å². The molecule has 2 aromatic rings. The van der Waals surface area contributed by atoms with E-state index in [1.165, 1.54) is 7.11 Å². The molecule has 0 saturated heterocycles. The van der Waals surface area contributed by atoms with Gasteiger partial charge in [-0.3, -0.25) is 4.79 Å². The number of hydrogen-bond acceptors (Lipinski definition) is 4. The van der Waals surface area contributed by atoms with E-state index in [9.17, 15) is 9.59 Å². The second-order valence-corrected chi connectivity index (χ2v) is 6.60. The lowest BCUT2D eigenvalue weighted by Gasteiger charge is -2.12. The number of carbonyl (C=O) groups is 2.